The fraction of sp³-hybridized carbons (Fsp3) is 0.259. The molecule has 9 nitrogen and oxygen atoms in total. The summed E-state index contributed by atoms with van der Waals surface area (Å²) in [6, 6.07) is 17.8. The van der Waals surface area contributed by atoms with Crippen LogP contribution in [-0.2, 0) is 16.0 Å². The van der Waals surface area contributed by atoms with Crippen molar-refractivity contribution >= 4 is 34.5 Å². The van der Waals surface area contributed by atoms with Crippen molar-refractivity contribution in [1.29, 1.82) is 0 Å². The van der Waals surface area contributed by atoms with Crippen LogP contribution >= 0.6 is 11.6 Å². The van der Waals surface area contributed by atoms with Gasteiger partial charge in [0.05, 0.1) is 6.42 Å². The Morgan fingerprint density at radius 1 is 1.05 bits per heavy atom. The molecule has 2 atom stereocenters. The number of fused-ring (bicyclic) bond motifs is 1. The summed E-state index contributed by atoms with van der Waals surface area (Å²) in [6.07, 6.45) is -7.91. The van der Waals surface area contributed by atoms with Crippen molar-refractivity contribution in [1.82, 2.24) is 20.5 Å². The third kappa shape index (κ3) is 7.27. The lowest BCUT2D eigenvalue weighted by molar-refractivity contribution is -0.166. The van der Waals surface area contributed by atoms with E-state index < -0.39 is 43.2 Å². The number of aromatic nitrogens is 3. The van der Waals surface area contributed by atoms with E-state index in [1.54, 1.807) is 24.3 Å². The van der Waals surface area contributed by atoms with Gasteiger partial charge >= 0.3 is 12.1 Å². The Bertz CT molecular complexity index is 1510. The van der Waals surface area contributed by atoms with Gasteiger partial charge in [-0.2, -0.15) is 13.2 Å². The van der Waals surface area contributed by atoms with E-state index in [-0.39, 0.29) is 23.9 Å². The number of carbonyl (C=O) groups is 2. The summed E-state index contributed by atoms with van der Waals surface area (Å²) in [4.78, 5) is 25.9. The predicted molar refractivity (Wildman–Crippen MR) is 139 cm³/mol. The standard InChI is InChI=1S/C27H24ClF3N4O5/c28-21-8-4-3-7-20(21)19-6-2-1-5-16(19)13-18(15-24(36)26(38)40-12-11-27(29,30)31)32-25(37)17-9-10-22-23(14-17)35(39)34-33-22/h1-10,14,18,24,36,39H,11-13,15H2,(H,32,37). The number of amides is 1. The fourth-order valence-corrected chi connectivity index (χ4v) is 4.38. The maximum atomic E-state index is 13.2. The van der Waals surface area contributed by atoms with Crippen LogP contribution in [0.4, 0.5) is 13.2 Å². The van der Waals surface area contributed by atoms with Crippen molar-refractivity contribution < 1.29 is 37.8 Å². The first-order valence-electron chi connectivity index (χ1n) is 12.1. The number of hydrogen-bond acceptors (Lipinski definition) is 7. The summed E-state index contributed by atoms with van der Waals surface area (Å²) in [6.45, 7) is -0.936. The Labute approximate surface area is 231 Å². The van der Waals surface area contributed by atoms with E-state index in [9.17, 15) is 33.1 Å². The zero-order valence-corrected chi connectivity index (χ0v) is 21.6. The van der Waals surface area contributed by atoms with Crippen LogP contribution in [0.1, 0.15) is 28.8 Å². The number of aliphatic hydroxyl groups is 1. The highest BCUT2D eigenvalue weighted by molar-refractivity contribution is 6.33. The van der Waals surface area contributed by atoms with E-state index >= 15 is 0 Å². The topological polar surface area (TPSA) is 127 Å². The van der Waals surface area contributed by atoms with E-state index in [0.717, 1.165) is 16.7 Å². The molecule has 0 bridgehead atoms. The lowest BCUT2D eigenvalue weighted by Crippen LogP contribution is -2.41. The first-order valence-corrected chi connectivity index (χ1v) is 12.5. The summed E-state index contributed by atoms with van der Waals surface area (Å²) >= 11 is 6.41. The normalized spacial score (nSPS) is 13.1. The molecule has 0 radical (unpaired) electrons. The Hall–Kier alpha value is -4.16. The molecule has 13 heteroatoms. The molecule has 40 heavy (non-hydrogen) atoms. The number of esters is 1. The van der Waals surface area contributed by atoms with Gasteiger partial charge in [0.15, 0.2) is 6.10 Å². The SMILES string of the molecule is O=C(NC(Cc1ccccc1-c1ccccc1Cl)CC(O)C(=O)OCCC(F)(F)F)c1ccc2nnn(O)c2c1. The summed E-state index contributed by atoms with van der Waals surface area (Å²) in [5.74, 6) is -1.83. The van der Waals surface area contributed by atoms with Crippen LogP contribution in [0.5, 0.6) is 0 Å². The number of rotatable bonds is 10. The van der Waals surface area contributed by atoms with Crippen LogP contribution < -0.4 is 5.32 Å². The minimum atomic E-state index is -4.52. The molecule has 210 valence electrons. The van der Waals surface area contributed by atoms with E-state index in [1.807, 2.05) is 24.3 Å². The zero-order chi connectivity index (χ0) is 28.9. The average Bonchev–Trinajstić information content (AvgIpc) is 3.28. The summed E-state index contributed by atoms with van der Waals surface area (Å²) in [7, 11) is 0. The summed E-state index contributed by atoms with van der Waals surface area (Å²) in [5, 5.41) is 30.8. The highest BCUT2D eigenvalue weighted by atomic mass is 35.5. The molecule has 1 amide bonds. The van der Waals surface area contributed by atoms with Crippen LogP contribution in [0, 0.1) is 0 Å². The van der Waals surface area contributed by atoms with Gasteiger partial charge in [0, 0.05) is 28.6 Å². The number of nitrogens with one attached hydrogen (secondary N) is 1. The van der Waals surface area contributed by atoms with E-state index in [0.29, 0.717) is 15.4 Å². The first kappa shape index (κ1) is 28.8. The molecule has 0 saturated carbocycles. The molecule has 3 aromatic carbocycles. The molecule has 0 fully saturated rings. The molecule has 1 heterocycles. The van der Waals surface area contributed by atoms with Gasteiger partial charge < -0.3 is 20.4 Å². The molecule has 3 N–H and O–H groups in total. The molecule has 1 aromatic heterocycles. The first-order chi connectivity index (χ1) is 19.0. The number of aliphatic hydroxyl groups excluding tert-OH is 1. The Kier molecular flexibility index (Phi) is 8.90. The van der Waals surface area contributed by atoms with Crippen LogP contribution in [0.2, 0.25) is 5.02 Å². The van der Waals surface area contributed by atoms with Crippen molar-refractivity contribution in [2.45, 2.75) is 37.6 Å². The van der Waals surface area contributed by atoms with Crippen LogP contribution in [0.25, 0.3) is 22.2 Å². The zero-order valence-electron chi connectivity index (χ0n) is 20.8. The van der Waals surface area contributed by atoms with E-state index in [4.69, 9.17) is 11.6 Å². The second-order valence-electron chi connectivity index (χ2n) is 8.98. The minimum absolute atomic E-state index is 0.127. The fourth-order valence-electron chi connectivity index (χ4n) is 4.15. The monoisotopic (exact) mass is 576 g/mol. The molecule has 0 spiro atoms. The van der Waals surface area contributed by atoms with Crippen LogP contribution in [0.15, 0.2) is 66.7 Å². The minimum Gasteiger partial charge on any atom is -0.463 e. The summed E-state index contributed by atoms with van der Waals surface area (Å²) in [5.41, 5.74) is 2.88. The Balaban J connectivity index is 1.58. The molecule has 0 aliphatic carbocycles. The molecule has 0 aliphatic heterocycles. The Morgan fingerprint density at radius 3 is 2.48 bits per heavy atom. The highest BCUT2D eigenvalue weighted by Crippen LogP contribution is 2.31. The van der Waals surface area contributed by atoms with Gasteiger partial charge in [0.25, 0.3) is 5.91 Å². The second-order valence-corrected chi connectivity index (χ2v) is 9.39. The molecule has 4 rings (SSSR count). The number of hydrogen-bond donors (Lipinski definition) is 3. The van der Waals surface area contributed by atoms with Crippen molar-refractivity contribution in [3.63, 3.8) is 0 Å². The molecule has 4 aromatic rings. The Morgan fingerprint density at radius 2 is 1.75 bits per heavy atom. The molecule has 2 unspecified atom stereocenters. The number of alkyl halides is 3. The van der Waals surface area contributed by atoms with Crippen molar-refractivity contribution in [2.75, 3.05) is 6.61 Å². The average molecular weight is 577 g/mol. The second kappa shape index (κ2) is 12.3. The third-order valence-electron chi connectivity index (χ3n) is 6.08. The van der Waals surface area contributed by atoms with E-state index in [1.165, 1.54) is 18.2 Å². The predicted octanol–water partition coefficient (Wildman–Crippen LogP) is 4.58. The van der Waals surface area contributed by atoms with Gasteiger partial charge in [0.2, 0.25) is 0 Å². The third-order valence-corrected chi connectivity index (χ3v) is 6.41. The molecule has 0 aliphatic rings. The van der Waals surface area contributed by atoms with Crippen molar-refractivity contribution in [3.8, 4) is 11.1 Å². The van der Waals surface area contributed by atoms with Gasteiger partial charge in [-0.1, -0.05) is 58.9 Å². The quantitative estimate of drug-likeness (QED) is 0.186. The summed E-state index contributed by atoms with van der Waals surface area (Å²) < 4.78 is 41.9. The van der Waals surface area contributed by atoms with Crippen LogP contribution in [-0.4, -0.2) is 62.3 Å². The van der Waals surface area contributed by atoms with Gasteiger partial charge in [-0.25, -0.2) is 4.79 Å². The molecular weight excluding hydrogens is 553 g/mol. The maximum Gasteiger partial charge on any atom is 0.392 e. The number of carbonyl (C=O) groups excluding carboxylic acids is 2. The highest BCUT2D eigenvalue weighted by Gasteiger charge is 2.29. The molecule has 0 saturated heterocycles. The number of nitrogens with zero attached hydrogens (tertiary/aromatic N) is 3. The number of halogens is 4. The number of ether oxygens (including phenoxy) is 1. The van der Waals surface area contributed by atoms with Gasteiger partial charge in [-0.15, -0.1) is 5.10 Å². The largest absolute Gasteiger partial charge is 0.463 e. The van der Waals surface area contributed by atoms with Gasteiger partial charge in [-0.05, 0) is 47.0 Å². The lowest BCUT2D eigenvalue weighted by atomic mass is 9.93. The van der Waals surface area contributed by atoms with Crippen LogP contribution in [0.3, 0.4) is 0 Å². The smallest absolute Gasteiger partial charge is 0.392 e. The lowest BCUT2D eigenvalue weighted by Gasteiger charge is -2.23. The maximum absolute atomic E-state index is 13.2. The van der Waals surface area contributed by atoms with Gasteiger partial charge in [-0.3, -0.25) is 4.79 Å². The van der Waals surface area contributed by atoms with Gasteiger partial charge in [0.1, 0.15) is 17.6 Å². The van der Waals surface area contributed by atoms with Crippen molar-refractivity contribution in [2.24, 2.45) is 0 Å². The number of benzene rings is 3. The van der Waals surface area contributed by atoms with E-state index in [2.05, 4.69) is 20.4 Å². The molecular formula is C27H24ClF3N4O5. The van der Waals surface area contributed by atoms with Crippen molar-refractivity contribution in [3.05, 3.63) is 82.9 Å².